The Morgan fingerprint density at radius 2 is 1.85 bits per heavy atom. The summed E-state index contributed by atoms with van der Waals surface area (Å²) in [5.74, 6) is 0.833. The first-order valence-electron chi connectivity index (χ1n) is 8.26. The molecule has 0 unspecified atom stereocenters. The molecule has 1 N–H and O–H groups in total. The fourth-order valence-corrected chi connectivity index (χ4v) is 3.64. The standard InChI is InChI=1S/C21H15Cl2N3O/c1-27-20-7-6-13(15-4-2-3-5-16(15)20)12-25-26-18-8-9-24-19-11-14(22)10-17(23)21(18)19/h2-12H,1H3,(H,24,26)/b25-12+. The lowest BCUT2D eigenvalue weighted by molar-refractivity contribution is 0.420. The fraction of sp³-hybridized carbons (Fsp3) is 0.0476. The summed E-state index contributed by atoms with van der Waals surface area (Å²) in [6.45, 7) is 0. The maximum atomic E-state index is 6.34. The van der Waals surface area contributed by atoms with E-state index in [0.717, 1.165) is 33.2 Å². The van der Waals surface area contributed by atoms with Gasteiger partial charge in [-0.05, 0) is 35.7 Å². The van der Waals surface area contributed by atoms with Gasteiger partial charge in [-0.2, -0.15) is 5.10 Å². The third-order valence-electron chi connectivity index (χ3n) is 4.28. The van der Waals surface area contributed by atoms with Crippen molar-refractivity contribution < 1.29 is 4.74 Å². The number of ether oxygens (including phenoxy) is 1. The van der Waals surface area contributed by atoms with Crippen LogP contribution < -0.4 is 10.2 Å². The summed E-state index contributed by atoms with van der Waals surface area (Å²) in [6, 6.07) is 17.2. The summed E-state index contributed by atoms with van der Waals surface area (Å²) in [5, 5.41) is 8.35. The molecular weight excluding hydrogens is 381 g/mol. The van der Waals surface area contributed by atoms with Crippen molar-refractivity contribution in [3.63, 3.8) is 0 Å². The highest BCUT2D eigenvalue weighted by Gasteiger charge is 2.08. The highest BCUT2D eigenvalue weighted by Crippen LogP contribution is 2.32. The molecule has 0 radical (unpaired) electrons. The Hall–Kier alpha value is -2.82. The summed E-state index contributed by atoms with van der Waals surface area (Å²) in [5.41, 5.74) is 5.51. The number of methoxy groups -OCH3 is 1. The Kier molecular flexibility index (Phi) is 4.84. The van der Waals surface area contributed by atoms with Gasteiger partial charge in [-0.3, -0.25) is 10.4 Å². The molecule has 0 fully saturated rings. The molecule has 0 aliphatic rings. The maximum Gasteiger partial charge on any atom is 0.126 e. The van der Waals surface area contributed by atoms with Crippen LogP contribution in [0.5, 0.6) is 5.75 Å². The zero-order valence-electron chi connectivity index (χ0n) is 14.4. The van der Waals surface area contributed by atoms with Gasteiger partial charge in [0.05, 0.1) is 29.6 Å². The summed E-state index contributed by atoms with van der Waals surface area (Å²) < 4.78 is 5.43. The molecule has 0 amide bonds. The normalized spacial score (nSPS) is 11.4. The minimum Gasteiger partial charge on any atom is -0.496 e. The van der Waals surface area contributed by atoms with E-state index < -0.39 is 0 Å². The van der Waals surface area contributed by atoms with Crippen molar-refractivity contribution in [2.24, 2.45) is 5.10 Å². The Morgan fingerprint density at radius 3 is 2.67 bits per heavy atom. The lowest BCUT2D eigenvalue weighted by Gasteiger charge is -2.09. The molecule has 134 valence electrons. The van der Waals surface area contributed by atoms with E-state index in [1.165, 1.54) is 0 Å². The SMILES string of the molecule is COc1ccc(/C=N/Nc2ccnc3cc(Cl)cc(Cl)c23)c2ccccc12. The van der Waals surface area contributed by atoms with Crippen molar-refractivity contribution in [1.29, 1.82) is 0 Å². The molecule has 1 aromatic heterocycles. The van der Waals surface area contributed by atoms with Crippen LogP contribution in [0.15, 0.2) is 65.9 Å². The largest absolute Gasteiger partial charge is 0.496 e. The van der Waals surface area contributed by atoms with E-state index in [2.05, 4.69) is 15.5 Å². The van der Waals surface area contributed by atoms with Gasteiger partial charge in [0.15, 0.2) is 0 Å². The van der Waals surface area contributed by atoms with Crippen LogP contribution >= 0.6 is 23.2 Å². The molecule has 4 aromatic rings. The third-order valence-corrected chi connectivity index (χ3v) is 4.80. The number of aromatic nitrogens is 1. The minimum absolute atomic E-state index is 0.526. The molecule has 1 heterocycles. The van der Waals surface area contributed by atoms with E-state index in [1.807, 2.05) is 42.5 Å². The second kappa shape index (κ2) is 7.43. The van der Waals surface area contributed by atoms with Crippen LogP contribution in [-0.4, -0.2) is 18.3 Å². The van der Waals surface area contributed by atoms with Crippen LogP contribution in [0, 0.1) is 0 Å². The Balaban J connectivity index is 1.70. The third kappa shape index (κ3) is 3.42. The number of hydrogen-bond donors (Lipinski definition) is 1. The summed E-state index contributed by atoms with van der Waals surface area (Å²) >= 11 is 12.4. The highest BCUT2D eigenvalue weighted by molar-refractivity contribution is 6.39. The van der Waals surface area contributed by atoms with E-state index >= 15 is 0 Å². The molecule has 0 saturated carbocycles. The average Bonchev–Trinajstić information content (AvgIpc) is 2.67. The van der Waals surface area contributed by atoms with E-state index in [9.17, 15) is 0 Å². The smallest absolute Gasteiger partial charge is 0.126 e. The number of hydrogen-bond acceptors (Lipinski definition) is 4. The molecule has 0 atom stereocenters. The maximum absolute atomic E-state index is 6.34. The quantitative estimate of drug-likeness (QED) is 0.333. The molecule has 3 aromatic carbocycles. The molecule has 4 nitrogen and oxygen atoms in total. The van der Waals surface area contributed by atoms with Crippen LogP contribution in [0.2, 0.25) is 10.0 Å². The number of rotatable bonds is 4. The number of nitrogens with one attached hydrogen (secondary N) is 1. The van der Waals surface area contributed by atoms with Crippen LogP contribution in [0.1, 0.15) is 5.56 Å². The van der Waals surface area contributed by atoms with E-state index in [1.54, 1.807) is 31.7 Å². The number of anilines is 1. The Morgan fingerprint density at radius 1 is 1.04 bits per heavy atom. The first-order valence-corrected chi connectivity index (χ1v) is 9.01. The number of nitrogens with zero attached hydrogens (tertiary/aromatic N) is 2. The van der Waals surface area contributed by atoms with Gasteiger partial charge < -0.3 is 4.74 Å². The molecule has 6 heteroatoms. The van der Waals surface area contributed by atoms with Gasteiger partial charge in [-0.25, -0.2) is 0 Å². The molecule has 27 heavy (non-hydrogen) atoms. The average molecular weight is 396 g/mol. The van der Waals surface area contributed by atoms with Crippen molar-refractivity contribution in [2.75, 3.05) is 12.5 Å². The van der Waals surface area contributed by atoms with Gasteiger partial charge in [0.25, 0.3) is 0 Å². The van der Waals surface area contributed by atoms with Crippen molar-refractivity contribution >= 4 is 56.8 Å². The van der Waals surface area contributed by atoms with Crippen molar-refractivity contribution in [2.45, 2.75) is 0 Å². The molecule has 0 bridgehead atoms. The minimum atomic E-state index is 0.526. The van der Waals surface area contributed by atoms with Gasteiger partial charge >= 0.3 is 0 Å². The predicted molar refractivity (Wildman–Crippen MR) is 113 cm³/mol. The lowest BCUT2D eigenvalue weighted by atomic mass is 10.0. The Bertz CT molecular complexity index is 1170. The summed E-state index contributed by atoms with van der Waals surface area (Å²) in [7, 11) is 1.67. The van der Waals surface area contributed by atoms with Gasteiger partial charge in [0.1, 0.15) is 5.75 Å². The van der Waals surface area contributed by atoms with Crippen LogP contribution in [0.25, 0.3) is 21.7 Å². The number of halogens is 2. The zero-order valence-corrected chi connectivity index (χ0v) is 15.9. The monoisotopic (exact) mass is 395 g/mol. The summed E-state index contributed by atoms with van der Waals surface area (Å²) in [4.78, 5) is 4.32. The van der Waals surface area contributed by atoms with Gasteiger partial charge in [0, 0.05) is 27.6 Å². The molecular formula is C21H15Cl2N3O. The van der Waals surface area contributed by atoms with E-state index in [-0.39, 0.29) is 0 Å². The topological polar surface area (TPSA) is 46.5 Å². The van der Waals surface area contributed by atoms with Gasteiger partial charge in [-0.15, -0.1) is 0 Å². The van der Waals surface area contributed by atoms with E-state index in [0.29, 0.717) is 15.6 Å². The van der Waals surface area contributed by atoms with Gasteiger partial charge in [-0.1, -0.05) is 47.5 Å². The molecule has 0 saturated heterocycles. The molecule has 4 rings (SSSR count). The fourth-order valence-electron chi connectivity index (χ4n) is 3.05. The van der Waals surface area contributed by atoms with Crippen molar-refractivity contribution in [1.82, 2.24) is 4.98 Å². The molecule has 0 aliphatic heterocycles. The van der Waals surface area contributed by atoms with Gasteiger partial charge in [0.2, 0.25) is 0 Å². The van der Waals surface area contributed by atoms with E-state index in [4.69, 9.17) is 27.9 Å². The van der Waals surface area contributed by atoms with Crippen molar-refractivity contribution in [3.8, 4) is 5.75 Å². The highest BCUT2D eigenvalue weighted by atomic mass is 35.5. The Labute approximate surface area is 166 Å². The summed E-state index contributed by atoms with van der Waals surface area (Å²) in [6.07, 6.45) is 3.47. The number of benzene rings is 3. The number of fused-ring (bicyclic) bond motifs is 2. The first kappa shape index (κ1) is 17.6. The van der Waals surface area contributed by atoms with Crippen LogP contribution in [0.4, 0.5) is 5.69 Å². The van der Waals surface area contributed by atoms with Crippen LogP contribution in [0.3, 0.4) is 0 Å². The molecule has 0 spiro atoms. The number of hydrazone groups is 1. The second-order valence-corrected chi connectivity index (χ2v) is 6.76. The van der Waals surface area contributed by atoms with Crippen LogP contribution in [-0.2, 0) is 0 Å². The molecule has 0 aliphatic carbocycles. The first-order chi connectivity index (χ1) is 13.2. The predicted octanol–water partition coefficient (Wildman–Crippen LogP) is 6.15. The number of pyridine rings is 1. The zero-order chi connectivity index (χ0) is 18.8. The second-order valence-electron chi connectivity index (χ2n) is 5.91. The lowest BCUT2D eigenvalue weighted by Crippen LogP contribution is -1.95. The van der Waals surface area contributed by atoms with Crippen molar-refractivity contribution in [3.05, 3.63) is 76.4 Å².